The predicted octanol–water partition coefficient (Wildman–Crippen LogP) is 3.25. The fourth-order valence-electron chi connectivity index (χ4n) is 2.61. The van der Waals surface area contributed by atoms with Gasteiger partial charge in [-0.05, 0) is 25.0 Å². The molecule has 1 aliphatic carbocycles. The Morgan fingerprint density at radius 3 is 2.57 bits per heavy atom. The molecule has 1 atom stereocenters. The Balaban J connectivity index is 1.99. The molecule has 23 heavy (non-hydrogen) atoms. The van der Waals surface area contributed by atoms with E-state index in [2.05, 4.69) is 14.9 Å². The van der Waals surface area contributed by atoms with Crippen LogP contribution in [0, 0.1) is 0 Å². The Morgan fingerprint density at radius 2 is 1.91 bits per heavy atom. The van der Waals surface area contributed by atoms with Crippen LogP contribution in [-0.4, -0.2) is 25.7 Å². The third-order valence-corrected chi connectivity index (χ3v) is 5.62. The molecule has 0 aromatic heterocycles. The Morgan fingerprint density at radius 1 is 1.22 bits per heavy atom. The van der Waals surface area contributed by atoms with Crippen molar-refractivity contribution in [3.63, 3.8) is 0 Å². The van der Waals surface area contributed by atoms with E-state index in [9.17, 15) is 9.36 Å². The Hall–Kier alpha value is -1.36. The van der Waals surface area contributed by atoms with Gasteiger partial charge in [0, 0.05) is 12.6 Å². The fourth-order valence-corrected chi connectivity index (χ4v) is 4.39. The zero-order valence-electron chi connectivity index (χ0n) is 13.5. The van der Waals surface area contributed by atoms with Crippen molar-refractivity contribution in [2.24, 2.45) is 0 Å². The SMILES string of the molecule is COC(=O)CCN[P@](=O)(NC1CCCCC1)Oc1ccccc1. The van der Waals surface area contributed by atoms with Crippen molar-refractivity contribution in [3.05, 3.63) is 30.3 Å². The summed E-state index contributed by atoms with van der Waals surface area (Å²) in [4.78, 5) is 11.2. The molecule has 1 aromatic rings. The van der Waals surface area contributed by atoms with Gasteiger partial charge >= 0.3 is 13.6 Å². The van der Waals surface area contributed by atoms with E-state index in [1.54, 1.807) is 12.1 Å². The molecule has 2 N–H and O–H groups in total. The lowest BCUT2D eigenvalue weighted by Gasteiger charge is -2.28. The highest BCUT2D eigenvalue weighted by Gasteiger charge is 2.29. The summed E-state index contributed by atoms with van der Waals surface area (Å²) in [5.74, 6) is 0.186. The van der Waals surface area contributed by atoms with E-state index in [-0.39, 0.29) is 25.0 Å². The van der Waals surface area contributed by atoms with Crippen molar-refractivity contribution in [1.29, 1.82) is 0 Å². The zero-order chi connectivity index (χ0) is 16.5. The number of rotatable bonds is 8. The second-order valence-electron chi connectivity index (χ2n) is 5.65. The highest BCUT2D eigenvalue weighted by atomic mass is 31.2. The van der Waals surface area contributed by atoms with Crippen molar-refractivity contribution in [1.82, 2.24) is 10.2 Å². The maximum Gasteiger partial charge on any atom is 0.390 e. The summed E-state index contributed by atoms with van der Waals surface area (Å²) in [6.07, 6.45) is 5.60. The van der Waals surface area contributed by atoms with Gasteiger partial charge in [-0.25, -0.2) is 14.7 Å². The number of ether oxygens (including phenoxy) is 1. The van der Waals surface area contributed by atoms with E-state index in [0.717, 1.165) is 25.7 Å². The number of methoxy groups -OCH3 is 1. The molecule has 0 amide bonds. The van der Waals surface area contributed by atoms with Crippen molar-refractivity contribution in [2.45, 2.75) is 44.6 Å². The summed E-state index contributed by atoms with van der Waals surface area (Å²) < 4.78 is 23.4. The molecule has 1 aliphatic rings. The molecule has 2 rings (SSSR count). The second-order valence-corrected chi connectivity index (χ2v) is 7.51. The number of esters is 1. The summed E-state index contributed by atoms with van der Waals surface area (Å²) >= 11 is 0. The van der Waals surface area contributed by atoms with E-state index >= 15 is 0 Å². The number of benzene rings is 1. The number of nitrogens with one attached hydrogen (secondary N) is 2. The maximum absolute atomic E-state index is 13.1. The van der Waals surface area contributed by atoms with E-state index in [1.165, 1.54) is 13.5 Å². The first-order valence-electron chi connectivity index (χ1n) is 8.06. The summed E-state index contributed by atoms with van der Waals surface area (Å²) in [5, 5.41) is 6.02. The van der Waals surface area contributed by atoms with Gasteiger partial charge in [0.2, 0.25) is 0 Å². The van der Waals surface area contributed by atoms with E-state index in [1.807, 2.05) is 18.2 Å². The van der Waals surface area contributed by atoms with Gasteiger partial charge in [0.15, 0.2) is 0 Å². The lowest BCUT2D eigenvalue weighted by Crippen LogP contribution is -2.36. The van der Waals surface area contributed by atoms with E-state index in [4.69, 9.17) is 4.52 Å². The molecule has 0 saturated heterocycles. The Kier molecular flexibility index (Phi) is 7.09. The molecule has 1 saturated carbocycles. The lowest BCUT2D eigenvalue weighted by atomic mass is 9.96. The quantitative estimate of drug-likeness (QED) is 0.559. The maximum atomic E-state index is 13.1. The predicted molar refractivity (Wildman–Crippen MR) is 89.3 cm³/mol. The van der Waals surface area contributed by atoms with Gasteiger partial charge in [0.25, 0.3) is 0 Å². The molecule has 0 radical (unpaired) electrons. The van der Waals surface area contributed by atoms with Crippen LogP contribution in [0.5, 0.6) is 5.75 Å². The third-order valence-electron chi connectivity index (χ3n) is 3.81. The molecule has 0 aliphatic heterocycles. The number of hydrogen-bond acceptors (Lipinski definition) is 4. The summed E-state index contributed by atoms with van der Waals surface area (Å²) in [5.41, 5.74) is 0. The van der Waals surface area contributed by atoms with Gasteiger partial charge in [-0.1, -0.05) is 37.5 Å². The van der Waals surface area contributed by atoms with Gasteiger partial charge < -0.3 is 9.26 Å². The van der Waals surface area contributed by atoms with Gasteiger partial charge in [0.05, 0.1) is 13.5 Å². The number of carbonyl (C=O) groups excluding carboxylic acids is 1. The highest BCUT2D eigenvalue weighted by molar-refractivity contribution is 7.55. The molecule has 0 unspecified atom stereocenters. The average molecular weight is 340 g/mol. The standard InChI is InChI=1S/C16H25N2O4P/c1-21-16(19)12-13-17-23(20,18-14-8-4-2-5-9-14)22-15-10-6-3-7-11-15/h3,6-7,10-11,14H,2,4-5,8-9,12-13H2,1H3,(H2,17,18,20)/t23-/m1/s1. The van der Waals surface area contributed by atoms with Crippen LogP contribution in [0.15, 0.2) is 30.3 Å². The molecular formula is C16H25N2O4P. The van der Waals surface area contributed by atoms with Gasteiger partial charge in [-0.3, -0.25) is 4.79 Å². The first kappa shape index (κ1) is 18.0. The van der Waals surface area contributed by atoms with Crippen molar-refractivity contribution >= 4 is 13.6 Å². The average Bonchev–Trinajstić information content (AvgIpc) is 2.56. The molecule has 7 heteroatoms. The highest BCUT2D eigenvalue weighted by Crippen LogP contribution is 2.40. The summed E-state index contributed by atoms with van der Waals surface area (Å²) in [6.45, 7) is 0.233. The summed E-state index contributed by atoms with van der Waals surface area (Å²) in [7, 11) is -1.95. The van der Waals surface area contributed by atoms with Crippen LogP contribution < -0.4 is 14.7 Å². The van der Waals surface area contributed by atoms with Crippen LogP contribution in [0.1, 0.15) is 38.5 Å². The van der Waals surface area contributed by atoms with Crippen molar-refractivity contribution in [3.8, 4) is 5.75 Å². The Bertz CT molecular complexity index is 532. The normalized spacial score (nSPS) is 18.1. The van der Waals surface area contributed by atoms with Gasteiger partial charge in [-0.2, -0.15) is 0 Å². The van der Waals surface area contributed by atoms with Gasteiger partial charge in [0.1, 0.15) is 5.75 Å². The minimum Gasteiger partial charge on any atom is -0.469 e. The minimum atomic E-state index is -3.28. The molecule has 1 aromatic carbocycles. The zero-order valence-corrected chi connectivity index (χ0v) is 14.4. The minimum absolute atomic E-state index is 0.144. The monoisotopic (exact) mass is 340 g/mol. The topological polar surface area (TPSA) is 76.7 Å². The third kappa shape index (κ3) is 6.34. The summed E-state index contributed by atoms with van der Waals surface area (Å²) in [6, 6.07) is 9.22. The molecule has 0 spiro atoms. The Labute approximate surface area is 137 Å². The molecule has 128 valence electrons. The van der Waals surface area contributed by atoms with Crippen LogP contribution in [0.4, 0.5) is 0 Å². The number of carbonyl (C=O) groups is 1. The smallest absolute Gasteiger partial charge is 0.390 e. The molecule has 0 heterocycles. The first-order valence-corrected chi connectivity index (χ1v) is 9.68. The van der Waals surface area contributed by atoms with Crippen molar-refractivity contribution in [2.75, 3.05) is 13.7 Å². The number of hydrogen-bond donors (Lipinski definition) is 2. The van der Waals surface area contributed by atoms with E-state index in [0.29, 0.717) is 5.75 Å². The van der Waals surface area contributed by atoms with E-state index < -0.39 is 7.67 Å². The first-order chi connectivity index (χ1) is 11.1. The van der Waals surface area contributed by atoms with Crippen LogP contribution in [0.3, 0.4) is 0 Å². The number of para-hydroxylation sites is 1. The fraction of sp³-hybridized carbons (Fsp3) is 0.562. The molecule has 0 bridgehead atoms. The second kappa shape index (κ2) is 9.06. The largest absolute Gasteiger partial charge is 0.469 e. The lowest BCUT2D eigenvalue weighted by molar-refractivity contribution is -0.140. The molecule has 1 fully saturated rings. The van der Waals surface area contributed by atoms with Crippen LogP contribution in [-0.2, 0) is 14.1 Å². The van der Waals surface area contributed by atoms with Crippen LogP contribution in [0.2, 0.25) is 0 Å². The molecular weight excluding hydrogens is 315 g/mol. The molecule has 6 nitrogen and oxygen atoms in total. The van der Waals surface area contributed by atoms with Crippen LogP contribution >= 0.6 is 7.67 Å². The van der Waals surface area contributed by atoms with Crippen molar-refractivity contribution < 1.29 is 18.6 Å². The van der Waals surface area contributed by atoms with Crippen LogP contribution in [0.25, 0.3) is 0 Å². The van der Waals surface area contributed by atoms with Gasteiger partial charge in [-0.15, -0.1) is 0 Å².